The van der Waals surface area contributed by atoms with Gasteiger partial charge in [0.25, 0.3) is 0 Å². The Morgan fingerprint density at radius 1 is 1.02 bits per heavy atom. The minimum atomic E-state index is -0.339. The lowest BCUT2D eigenvalue weighted by atomic mass is 10.1. The molecular formula is C32H33FN6O2S. The third-order valence-corrected chi connectivity index (χ3v) is 9.00. The van der Waals surface area contributed by atoms with Gasteiger partial charge in [-0.15, -0.1) is 10.2 Å². The summed E-state index contributed by atoms with van der Waals surface area (Å²) < 4.78 is 22.2. The van der Waals surface area contributed by atoms with E-state index in [1.807, 2.05) is 65.8 Å². The molecule has 3 heterocycles. The lowest BCUT2D eigenvalue weighted by molar-refractivity contribution is -0.130. The molecule has 216 valence electrons. The van der Waals surface area contributed by atoms with Gasteiger partial charge in [0, 0.05) is 37.1 Å². The van der Waals surface area contributed by atoms with Gasteiger partial charge in [-0.1, -0.05) is 60.6 Å². The molecular weight excluding hydrogens is 551 g/mol. The van der Waals surface area contributed by atoms with Crippen molar-refractivity contribution in [2.75, 3.05) is 38.2 Å². The molecule has 6 rings (SSSR count). The highest BCUT2D eigenvalue weighted by Gasteiger charge is 2.29. The van der Waals surface area contributed by atoms with Crippen LogP contribution in [0, 0.1) is 12.7 Å². The summed E-state index contributed by atoms with van der Waals surface area (Å²) in [5.74, 6) is 0.647. The molecule has 0 radical (unpaired) electrons. The van der Waals surface area contributed by atoms with Crippen LogP contribution < -0.4 is 9.64 Å². The summed E-state index contributed by atoms with van der Waals surface area (Å²) in [5.41, 5.74) is 4.92. The number of amides is 1. The maximum absolute atomic E-state index is 14.6. The van der Waals surface area contributed by atoms with Crippen LogP contribution in [0.4, 0.5) is 10.1 Å². The lowest BCUT2D eigenvalue weighted by Gasteiger charge is -2.37. The third-order valence-electron chi connectivity index (χ3n) is 7.80. The smallest absolute Gasteiger partial charge is 0.236 e. The number of anilines is 1. The van der Waals surface area contributed by atoms with Crippen LogP contribution in [0.25, 0.3) is 22.1 Å². The standard InChI is InChI=1S/C32H33FN6O2S/c1-4-28(31(40)38-17-15-37(16-18-38)26-11-7-8-12-27(26)41-3)42-32-34-30-29(35-36-32)23-19-21(2)13-14-25(23)39(30)20-22-9-5-6-10-24(22)33/h5-14,19,28H,4,15-18,20H2,1-3H3. The number of nitrogens with zero attached hydrogens (tertiary/aromatic N) is 6. The molecule has 1 amide bonds. The van der Waals surface area contributed by atoms with E-state index in [-0.39, 0.29) is 17.0 Å². The van der Waals surface area contributed by atoms with E-state index < -0.39 is 0 Å². The van der Waals surface area contributed by atoms with Crippen LogP contribution in [0.3, 0.4) is 0 Å². The molecule has 1 atom stereocenters. The summed E-state index contributed by atoms with van der Waals surface area (Å²) in [6.45, 7) is 7.05. The zero-order chi connectivity index (χ0) is 29.2. The molecule has 0 spiro atoms. The molecule has 0 aliphatic carbocycles. The number of fused-ring (bicyclic) bond motifs is 3. The Morgan fingerprint density at radius 2 is 1.79 bits per heavy atom. The third kappa shape index (κ3) is 5.38. The molecule has 8 nitrogen and oxygen atoms in total. The second-order valence-corrected chi connectivity index (χ2v) is 11.6. The molecule has 1 aliphatic heterocycles. The Bertz CT molecular complexity index is 1750. The Hall–Kier alpha value is -4.18. The van der Waals surface area contributed by atoms with Crippen molar-refractivity contribution in [3.8, 4) is 5.75 Å². The quantitative estimate of drug-likeness (QED) is 0.217. The van der Waals surface area contributed by atoms with E-state index in [1.165, 1.54) is 17.8 Å². The van der Waals surface area contributed by atoms with E-state index in [4.69, 9.17) is 9.72 Å². The maximum atomic E-state index is 14.6. The first-order chi connectivity index (χ1) is 20.5. The minimum absolute atomic E-state index is 0.0772. The van der Waals surface area contributed by atoms with E-state index in [0.717, 1.165) is 41.0 Å². The summed E-state index contributed by atoms with van der Waals surface area (Å²) in [7, 11) is 1.68. The van der Waals surface area contributed by atoms with Gasteiger partial charge in [0.1, 0.15) is 17.1 Å². The van der Waals surface area contributed by atoms with E-state index in [2.05, 4.69) is 21.2 Å². The largest absolute Gasteiger partial charge is 0.495 e. The van der Waals surface area contributed by atoms with Crippen molar-refractivity contribution in [3.05, 3.63) is 83.7 Å². The number of carbonyl (C=O) groups is 1. The van der Waals surface area contributed by atoms with Gasteiger partial charge in [-0.3, -0.25) is 4.79 Å². The first-order valence-corrected chi connectivity index (χ1v) is 15.0. The Labute approximate surface area is 248 Å². The number of piperazine rings is 1. The SMILES string of the molecule is CCC(Sc1nnc2c3cc(C)ccc3n(Cc3ccccc3F)c2n1)C(=O)N1CCN(c2ccccc2OC)CC1. The normalized spacial score (nSPS) is 14.5. The minimum Gasteiger partial charge on any atom is -0.495 e. The van der Waals surface area contributed by atoms with Gasteiger partial charge in [-0.25, -0.2) is 9.37 Å². The number of hydrogen-bond acceptors (Lipinski definition) is 7. The van der Waals surface area contributed by atoms with Crippen molar-refractivity contribution >= 4 is 45.4 Å². The van der Waals surface area contributed by atoms with Crippen molar-refractivity contribution in [1.29, 1.82) is 0 Å². The van der Waals surface area contributed by atoms with Gasteiger partial charge in [-0.2, -0.15) is 0 Å². The molecule has 5 aromatic rings. The summed E-state index contributed by atoms with van der Waals surface area (Å²) >= 11 is 1.34. The number of carbonyl (C=O) groups excluding carboxylic acids is 1. The van der Waals surface area contributed by atoms with Crippen LogP contribution in [0.15, 0.2) is 71.9 Å². The van der Waals surface area contributed by atoms with Crippen molar-refractivity contribution < 1.29 is 13.9 Å². The van der Waals surface area contributed by atoms with Gasteiger partial charge in [0.2, 0.25) is 11.1 Å². The average molecular weight is 585 g/mol. The summed E-state index contributed by atoms with van der Waals surface area (Å²) in [4.78, 5) is 22.7. The molecule has 3 aromatic carbocycles. The highest BCUT2D eigenvalue weighted by Crippen LogP contribution is 2.32. The highest BCUT2D eigenvalue weighted by atomic mass is 32.2. The van der Waals surface area contributed by atoms with Gasteiger partial charge in [0.05, 0.1) is 30.1 Å². The number of rotatable bonds is 8. The van der Waals surface area contributed by atoms with Crippen LogP contribution >= 0.6 is 11.8 Å². The molecule has 1 aliphatic rings. The van der Waals surface area contributed by atoms with E-state index in [1.54, 1.807) is 19.2 Å². The molecule has 0 saturated carbocycles. The lowest BCUT2D eigenvalue weighted by Crippen LogP contribution is -2.51. The van der Waals surface area contributed by atoms with Gasteiger partial charge in [0.15, 0.2) is 5.65 Å². The van der Waals surface area contributed by atoms with Gasteiger partial charge >= 0.3 is 0 Å². The molecule has 1 saturated heterocycles. The number of thioether (sulfide) groups is 1. The number of aromatic nitrogens is 4. The first kappa shape index (κ1) is 28.0. The predicted molar refractivity (Wildman–Crippen MR) is 165 cm³/mol. The number of ether oxygens (including phenoxy) is 1. The first-order valence-electron chi connectivity index (χ1n) is 14.2. The number of aryl methyl sites for hydroxylation is 1. The van der Waals surface area contributed by atoms with Crippen molar-refractivity contribution in [2.24, 2.45) is 0 Å². The molecule has 42 heavy (non-hydrogen) atoms. The molecule has 1 fully saturated rings. The van der Waals surface area contributed by atoms with E-state index in [9.17, 15) is 9.18 Å². The number of methoxy groups -OCH3 is 1. The van der Waals surface area contributed by atoms with E-state index in [0.29, 0.717) is 47.9 Å². The predicted octanol–water partition coefficient (Wildman–Crippen LogP) is 5.70. The van der Waals surface area contributed by atoms with Crippen LogP contribution in [0.2, 0.25) is 0 Å². The second-order valence-electron chi connectivity index (χ2n) is 10.5. The highest BCUT2D eigenvalue weighted by molar-refractivity contribution is 8.00. The monoisotopic (exact) mass is 584 g/mol. The van der Waals surface area contributed by atoms with Crippen LogP contribution in [0.5, 0.6) is 5.75 Å². The van der Waals surface area contributed by atoms with E-state index >= 15 is 0 Å². The number of hydrogen-bond donors (Lipinski definition) is 0. The topological polar surface area (TPSA) is 76.4 Å². The molecule has 2 aromatic heterocycles. The van der Waals surface area contributed by atoms with Crippen molar-refractivity contribution in [2.45, 2.75) is 37.2 Å². The fourth-order valence-corrected chi connectivity index (χ4v) is 6.46. The Kier molecular flexibility index (Phi) is 7.97. The molecule has 0 N–H and O–H groups in total. The summed E-state index contributed by atoms with van der Waals surface area (Å²) in [6.07, 6.45) is 0.634. The van der Waals surface area contributed by atoms with Crippen LogP contribution in [0.1, 0.15) is 24.5 Å². The second kappa shape index (κ2) is 12.0. The number of para-hydroxylation sites is 2. The van der Waals surface area contributed by atoms with Crippen LogP contribution in [-0.2, 0) is 11.3 Å². The fourth-order valence-electron chi connectivity index (χ4n) is 5.56. The number of benzene rings is 3. The zero-order valence-corrected chi connectivity index (χ0v) is 24.8. The van der Waals surface area contributed by atoms with Crippen LogP contribution in [-0.4, -0.2) is 69.1 Å². The fraction of sp³-hybridized carbons (Fsp3) is 0.312. The Balaban J connectivity index is 1.24. The molecule has 0 bridgehead atoms. The Morgan fingerprint density at radius 3 is 2.55 bits per heavy atom. The molecule has 1 unspecified atom stereocenters. The summed E-state index contributed by atoms with van der Waals surface area (Å²) in [6, 6.07) is 20.8. The van der Waals surface area contributed by atoms with Crippen molar-refractivity contribution in [3.63, 3.8) is 0 Å². The van der Waals surface area contributed by atoms with Gasteiger partial charge in [-0.05, 0) is 43.7 Å². The average Bonchev–Trinajstić information content (AvgIpc) is 3.32. The van der Waals surface area contributed by atoms with Crippen molar-refractivity contribution in [1.82, 2.24) is 24.6 Å². The molecule has 10 heteroatoms. The van der Waals surface area contributed by atoms with Gasteiger partial charge < -0.3 is 19.1 Å². The summed E-state index contributed by atoms with van der Waals surface area (Å²) in [5, 5.41) is 10.0. The number of halogens is 1. The maximum Gasteiger partial charge on any atom is 0.236 e. The zero-order valence-electron chi connectivity index (χ0n) is 24.0.